The van der Waals surface area contributed by atoms with Gasteiger partial charge in [0, 0.05) is 50.7 Å². The highest BCUT2D eigenvalue weighted by Gasteiger charge is 2.25. The maximum atomic E-state index is 12.8. The number of carbonyl (C=O) groups excluding carboxylic acids is 1. The molecule has 0 saturated carbocycles. The third-order valence-electron chi connectivity index (χ3n) is 5.49. The molecular weight excluding hydrogens is 390 g/mol. The molecule has 0 aliphatic carbocycles. The lowest BCUT2D eigenvalue weighted by molar-refractivity contribution is 0.0926. The molecule has 0 unspecified atom stereocenters. The van der Waals surface area contributed by atoms with Crippen LogP contribution in [-0.4, -0.2) is 74.6 Å². The molecule has 3 heterocycles. The summed E-state index contributed by atoms with van der Waals surface area (Å²) in [4.78, 5) is 25.6. The van der Waals surface area contributed by atoms with Crippen molar-refractivity contribution in [3.63, 3.8) is 0 Å². The highest BCUT2D eigenvalue weighted by molar-refractivity contribution is 7.92. The number of ketones is 1. The molecule has 1 fully saturated rings. The molecule has 2 aliphatic rings. The Hall–Kier alpha value is -2.52. The number of anilines is 2. The second-order valence-electron chi connectivity index (χ2n) is 7.53. The van der Waals surface area contributed by atoms with Crippen molar-refractivity contribution < 1.29 is 13.2 Å². The molecule has 154 valence electrons. The lowest BCUT2D eigenvalue weighted by Crippen LogP contribution is -2.48. The summed E-state index contributed by atoms with van der Waals surface area (Å²) >= 11 is 0. The van der Waals surface area contributed by atoms with Crippen molar-refractivity contribution in [3.05, 3.63) is 47.9 Å². The van der Waals surface area contributed by atoms with Crippen molar-refractivity contribution in [3.8, 4) is 0 Å². The quantitative estimate of drug-likeness (QED) is 0.678. The van der Waals surface area contributed by atoms with Gasteiger partial charge in [0.15, 0.2) is 5.78 Å². The molecule has 29 heavy (non-hydrogen) atoms. The molecule has 2 aliphatic heterocycles. The van der Waals surface area contributed by atoms with E-state index < -0.39 is 10.0 Å². The van der Waals surface area contributed by atoms with E-state index in [1.54, 1.807) is 30.7 Å². The van der Waals surface area contributed by atoms with E-state index in [9.17, 15) is 13.2 Å². The zero-order valence-electron chi connectivity index (χ0n) is 16.5. The van der Waals surface area contributed by atoms with Gasteiger partial charge in [-0.15, -0.1) is 0 Å². The average Bonchev–Trinajstić information content (AvgIpc) is 2.73. The van der Waals surface area contributed by atoms with E-state index in [1.807, 2.05) is 6.07 Å². The van der Waals surface area contributed by atoms with Gasteiger partial charge in [0.1, 0.15) is 5.82 Å². The fourth-order valence-electron chi connectivity index (χ4n) is 3.96. The van der Waals surface area contributed by atoms with Gasteiger partial charge in [-0.05, 0) is 36.6 Å². The number of nitrogens with zero attached hydrogens (tertiary/aromatic N) is 5. The maximum absolute atomic E-state index is 12.8. The highest BCUT2D eigenvalue weighted by atomic mass is 32.2. The fraction of sp³-hybridized carbons (Fsp3) is 0.450. The molecule has 4 rings (SSSR count). The lowest BCUT2D eigenvalue weighted by Gasteiger charge is -2.34. The molecule has 0 bridgehead atoms. The Bertz CT molecular complexity index is 988. The van der Waals surface area contributed by atoms with Crippen LogP contribution in [0.4, 0.5) is 11.5 Å². The summed E-state index contributed by atoms with van der Waals surface area (Å²) in [5.74, 6) is 0.931. The van der Waals surface area contributed by atoms with E-state index in [0.29, 0.717) is 24.3 Å². The molecule has 2 aromatic rings. The molecule has 1 aromatic carbocycles. The zero-order valence-corrected chi connectivity index (χ0v) is 17.3. The number of Topliss-reactive ketones (excluding diaryl/α,β-unsaturated/α-hetero) is 1. The number of fused-ring (bicyclic) bond motifs is 1. The van der Waals surface area contributed by atoms with E-state index in [2.05, 4.69) is 19.8 Å². The van der Waals surface area contributed by atoms with Crippen LogP contribution in [0.25, 0.3) is 0 Å². The first-order chi connectivity index (χ1) is 13.9. The molecule has 9 heteroatoms. The molecular formula is C20H25N5O3S. The van der Waals surface area contributed by atoms with Gasteiger partial charge in [-0.25, -0.2) is 13.4 Å². The topological polar surface area (TPSA) is 86.7 Å². The number of aryl methyl sites for hydroxylation is 1. The first-order valence-electron chi connectivity index (χ1n) is 9.79. The van der Waals surface area contributed by atoms with Crippen molar-refractivity contribution in [2.24, 2.45) is 0 Å². The molecule has 0 amide bonds. The minimum atomic E-state index is -3.30. The number of hydrogen-bond acceptors (Lipinski definition) is 7. The van der Waals surface area contributed by atoms with Gasteiger partial charge in [-0.1, -0.05) is 0 Å². The van der Waals surface area contributed by atoms with Crippen molar-refractivity contribution in [2.45, 2.75) is 12.8 Å². The van der Waals surface area contributed by atoms with Gasteiger partial charge in [-0.3, -0.25) is 19.0 Å². The van der Waals surface area contributed by atoms with Crippen LogP contribution < -0.4 is 9.21 Å². The minimum absolute atomic E-state index is 0.0669. The van der Waals surface area contributed by atoms with Crippen molar-refractivity contribution in [1.29, 1.82) is 0 Å². The predicted octanol–water partition coefficient (Wildman–Crippen LogP) is 1.19. The predicted molar refractivity (Wildman–Crippen MR) is 112 cm³/mol. The second-order valence-corrected chi connectivity index (χ2v) is 9.44. The van der Waals surface area contributed by atoms with Crippen LogP contribution in [0.3, 0.4) is 0 Å². The lowest BCUT2D eigenvalue weighted by atomic mass is 9.99. The van der Waals surface area contributed by atoms with Crippen LogP contribution in [0.5, 0.6) is 0 Å². The highest BCUT2D eigenvalue weighted by Crippen LogP contribution is 2.30. The molecule has 0 atom stereocenters. The Labute approximate surface area is 171 Å². The molecule has 0 N–H and O–H groups in total. The van der Waals surface area contributed by atoms with Crippen molar-refractivity contribution in [2.75, 3.05) is 54.7 Å². The van der Waals surface area contributed by atoms with Gasteiger partial charge >= 0.3 is 0 Å². The zero-order chi connectivity index (χ0) is 20.4. The fourth-order valence-corrected chi connectivity index (χ4v) is 4.96. The van der Waals surface area contributed by atoms with Gasteiger partial charge in [0.05, 0.1) is 24.7 Å². The number of rotatable bonds is 5. The summed E-state index contributed by atoms with van der Waals surface area (Å²) in [5.41, 5.74) is 2.28. The van der Waals surface area contributed by atoms with Gasteiger partial charge in [0.25, 0.3) is 0 Å². The van der Waals surface area contributed by atoms with Crippen molar-refractivity contribution >= 4 is 27.3 Å². The van der Waals surface area contributed by atoms with Crippen LogP contribution in [0, 0.1) is 0 Å². The SMILES string of the molecule is CS(=O)(=O)N1CCCc2cc(C(=O)CN3CCN(c4cnccn4)CC3)ccc21. The second kappa shape index (κ2) is 8.08. The number of sulfonamides is 1. The van der Waals surface area contributed by atoms with Crippen LogP contribution in [0.15, 0.2) is 36.8 Å². The Morgan fingerprint density at radius 2 is 1.90 bits per heavy atom. The number of hydrogen-bond donors (Lipinski definition) is 0. The van der Waals surface area contributed by atoms with Crippen LogP contribution in [-0.2, 0) is 16.4 Å². The maximum Gasteiger partial charge on any atom is 0.232 e. The average molecular weight is 416 g/mol. The Balaban J connectivity index is 1.40. The largest absolute Gasteiger partial charge is 0.353 e. The Kier molecular flexibility index (Phi) is 5.51. The molecule has 1 aromatic heterocycles. The van der Waals surface area contributed by atoms with Gasteiger partial charge in [0.2, 0.25) is 10.0 Å². The number of aromatic nitrogens is 2. The number of benzene rings is 1. The van der Waals surface area contributed by atoms with E-state index in [4.69, 9.17) is 0 Å². The van der Waals surface area contributed by atoms with E-state index in [1.165, 1.54) is 10.6 Å². The molecule has 0 radical (unpaired) electrons. The molecule has 1 saturated heterocycles. The number of piperazine rings is 1. The normalized spacial score (nSPS) is 17.8. The van der Waals surface area contributed by atoms with Crippen LogP contribution >= 0.6 is 0 Å². The summed E-state index contributed by atoms with van der Waals surface area (Å²) in [6.07, 6.45) is 7.88. The first kappa shape index (κ1) is 19.8. The summed E-state index contributed by atoms with van der Waals surface area (Å²) < 4.78 is 25.4. The summed E-state index contributed by atoms with van der Waals surface area (Å²) in [5, 5.41) is 0. The standard InChI is InChI=1S/C20H25N5O3S/c1-29(27,28)25-8-2-3-16-13-17(4-5-18(16)25)19(26)15-23-9-11-24(12-10-23)20-14-21-6-7-22-20/h4-7,13-14H,2-3,8-12,15H2,1H3. The van der Waals surface area contributed by atoms with E-state index >= 15 is 0 Å². The summed E-state index contributed by atoms with van der Waals surface area (Å²) in [7, 11) is -3.30. The third-order valence-corrected chi connectivity index (χ3v) is 6.67. The molecule has 8 nitrogen and oxygen atoms in total. The molecule has 0 spiro atoms. The minimum Gasteiger partial charge on any atom is -0.353 e. The Morgan fingerprint density at radius 1 is 1.10 bits per heavy atom. The summed E-state index contributed by atoms with van der Waals surface area (Å²) in [6, 6.07) is 5.39. The van der Waals surface area contributed by atoms with Crippen molar-refractivity contribution in [1.82, 2.24) is 14.9 Å². The summed E-state index contributed by atoms with van der Waals surface area (Å²) in [6.45, 7) is 4.04. The third kappa shape index (κ3) is 4.40. The smallest absolute Gasteiger partial charge is 0.232 e. The van der Waals surface area contributed by atoms with Crippen LogP contribution in [0.1, 0.15) is 22.3 Å². The van der Waals surface area contributed by atoms with E-state index in [-0.39, 0.29) is 5.78 Å². The van der Waals surface area contributed by atoms with Gasteiger partial charge in [-0.2, -0.15) is 0 Å². The van der Waals surface area contributed by atoms with Crippen LogP contribution in [0.2, 0.25) is 0 Å². The van der Waals surface area contributed by atoms with E-state index in [0.717, 1.165) is 50.4 Å². The number of carbonyl (C=O) groups is 1. The Morgan fingerprint density at radius 3 is 2.59 bits per heavy atom. The monoisotopic (exact) mass is 415 g/mol. The first-order valence-corrected chi connectivity index (χ1v) is 11.6. The van der Waals surface area contributed by atoms with Gasteiger partial charge < -0.3 is 4.90 Å².